The Balaban J connectivity index is 4.11. The summed E-state index contributed by atoms with van der Waals surface area (Å²) in [6.07, 6.45) is 6.83. The largest absolute Gasteiger partial charge is 0.446 e. The van der Waals surface area contributed by atoms with Crippen molar-refractivity contribution in [1.29, 1.82) is 0 Å². The molecule has 0 spiro atoms. The van der Waals surface area contributed by atoms with Crippen LogP contribution < -0.4 is 0 Å². The summed E-state index contributed by atoms with van der Waals surface area (Å²) in [5.41, 5.74) is -4.13. The molecule has 0 aliphatic heterocycles. The predicted molar refractivity (Wildman–Crippen MR) is 60.8 cm³/mol. The van der Waals surface area contributed by atoms with Crippen molar-refractivity contribution in [1.82, 2.24) is 0 Å². The molecule has 0 nitrogen and oxygen atoms in total. The van der Waals surface area contributed by atoms with E-state index < -0.39 is 5.51 Å². The minimum Gasteiger partial charge on any atom is -0.160 e. The lowest BCUT2D eigenvalue weighted by Gasteiger charge is -2.09. The Kier molecular flexibility index (Phi) is 8.02. The molecule has 0 atom stereocenters. The first-order valence-corrected chi connectivity index (χ1v) is 6.26. The van der Waals surface area contributed by atoms with Crippen LogP contribution in [0.4, 0.5) is 13.2 Å². The van der Waals surface area contributed by atoms with E-state index >= 15 is 0 Å². The summed E-state index contributed by atoms with van der Waals surface area (Å²) < 4.78 is 36.5. The normalized spacial score (nSPS) is 13.3. The van der Waals surface area contributed by atoms with Crippen LogP contribution in [-0.4, -0.2) is 5.51 Å². The first kappa shape index (κ1) is 14.9. The fourth-order valence-electron chi connectivity index (χ4n) is 1.16. The van der Waals surface area contributed by atoms with Gasteiger partial charge in [0.15, 0.2) is 0 Å². The van der Waals surface area contributed by atoms with Crippen LogP contribution in [0.5, 0.6) is 0 Å². The Morgan fingerprint density at radius 1 is 1.13 bits per heavy atom. The fraction of sp³-hybridized carbons (Fsp3) is 0.818. The zero-order valence-electron chi connectivity index (χ0n) is 9.36. The van der Waals surface area contributed by atoms with Crippen molar-refractivity contribution in [2.45, 2.75) is 57.9 Å². The third-order valence-electron chi connectivity index (χ3n) is 1.95. The van der Waals surface area contributed by atoms with E-state index in [1.807, 2.05) is 13.8 Å². The minimum atomic E-state index is -4.13. The number of unbranched alkanes of at least 4 members (excludes halogenated alkanes) is 3. The van der Waals surface area contributed by atoms with Crippen molar-refractivity contribution in [3.8, 4) is 0 Å². The van der Waals surface area contributed by atoms with Crippen LogP contribution in [0.25, 0.3) is 0 Å². The predicted octanol–water partition coefficient (Wildman–Crippen LogP) is 5.50. The molecule has 0 N–H and O–H groups in total. The van der Waals surface area contributed by atoms with E-state index in [1.165, 1.54) is 0 Å². The standard InChI is InChI=1S/C11H19F3S/c1-3-5-7-9-10(8-6-4-2)15-11(12,13)14/h9H,3-8H2,1-2H3/b10-9+. The highest BCUT2D eigenvalue weighted by Gasteiger charge is 2.29. The van der Waals surface area contributed by atoms with Gasteiger partial charge in [-0.1, -0.05) is 39.2 Å². The third-order valence-corrected chi connectivity index (χ3v) is 2.82. The minimum absolute atomic E-state index is 0.0534. The van der Waals surface area contributed by atoms with Crippen molar-refractivity contribution in [2.24, 2.45) is 0 Å². The van der Waals surface area contributed by atoms with Gasteiger partial charge in [-0.3, -0.25) is 0 Å². The molecule has 0 fully saturated rings. The van der Waals surface area contributed by atoms with Crippen LogP contribution in [0.3, 0.4) is 0 Å². The van der Waals surface area contributed by atoms with Gasteiger partial charge < -0.3 is 0 Å². The lowest BCUT2D eigenvalue weighted by molar-refractivity contribution is -0.0322. The molecule has 15 heavy (non-hydrogen) atoms. The molecule has 0 rings (SSSR count). The number of rotatable bonds is 7. The Hall–Kier alpha value is -0.120. The average molecular weight is 240 g/mol. The molecule has 0 amide bonds. The van der Waals surface area contributed by atoms with Crippen molar-refractivity contribution < 1.29 is 13.2 Å². The number of hydrogen-bond acceptors (Lipinski definition) is 1. The molecule has 0 aromatic carbocycles. The highest BCUT2D eigenvalue weighted by Crippen LogP contribution is 2.38. The van der Waals surface area contributed by atoms with E-state index in [1.54, 1.807) is 6.08 Å². The summed E-state index contributed by atoms with van der Waals surface area (Å²) in [7, 11) is 0. The first-order valence-electron chi connectivity index (χ1n) is 5.44. The molecule has 0 saturated carbocycles. The fourth-order valence-corrected chi connectivity index (χ4v) is 1.91. The second kappa shape index (κ2) is 8.08. The summed E-state index contributed by atoms with van der Waals surface area (Å²) in [6.45, 7) is 4.03. The van der Waals surface area contributed by atoms with Crippen LogP contribution in [0, 0.1) is 0 Å². The number of allylic oxidation sites excluding steroid dienone is 2. The van der Waals surface area contributed by atoms with Gasteiger partial charge in [-0.25, -0.2) is 0 Å². The van der Waals surface area contributed by atoms with Crippen LogP contribution in [0.2, 0.25) is 0 Å². The molecular weight excluding hydrogens is 221 g/mol. The van der Waals surface area contributed by atoms with Crippen LogP contribution in [0.1, 0.15) is 52.4 Å². The van der Waals surface area contributed by atoms with Gasteiger partial charge in [0.05, 0.1) is 0 Å². The molecule has 0 unspecified atom stereocenters. The monoisotopic (exact) mass is 240 g/mol. The van der Waals surface area contributed by atoms with Crippen LogP contribution in [-0.2, 0) is 0 Å². The zero-order valence-corrected chi connectivity index (χ0v) is 10.2. The Morgan fingerprint density at radius 3 is 2.20 bits per heavy atom. The Labute approximate surface area is 94.3 Å². The number of halogens is 3. The smallest absolute Gasteiger partial charge is 0.160 e. The molecule has 0 saturated heterocycles. The summed E-state index contributed by atoms with van der Waals surface area (Å²) in [5, 5.41) is 0. The quantitative estimate of drug-likeness (QED) is 0.529. The van der Waals surface area contributed by atoms with Gasteiger partial charge in [0.1, 0.15) is 0 Å². The van der Waals surface area contributed by atoms with Crippen molar-refractivity contribution in [3.05, 3.63) is 11.0 Å². The lowest BCUT2D eigenvalue weighted by atomic mass is 10.2. The van der Waals surface area contributed by atoms with Gasteiger partial charge in [0, 0.05) is 0 Å². The van der Waals surface area contributed by atoms with Gasteiger partial charge in [0.2, 0.25) is 0 Å². The van der Waals surface area contributed by atoms with Gasteiger partial charge in [-0.15, -0.1) is 0 Å². The molecule has 0 radical (unpaired) electrons. The zero-order chi connectivity index (χ0) is 11.7. The summed E-state index contributed by atoms with van der Waals surface area (Å²) in [5.74, 6) is 0. The van der Waals surface area contributed by atoms with Gasteiger partial charge >= 0.3 is 5.51 Å². The summed E-state index contributed by atoms with van der Waals surface area (Å²) >= 11 is 0.0534. The molecule has 90 valence electrons. The molecule has 0 bridgehead atoms. The maximum atomic E-state index is 12.2. The van der Waals surface area contributed by atoms with Gasteiger partial charge in [-0.05, 0) is 35.9 Å². The highest BCUT2D eigenvalue weighted by atomic mass is 32.2. The highest BCUT2D eigenvalue weighted by molar-refractivity contribution is 8.03. The summed E-state index contributed by atoms with van der Waals surface area (Å²) in [4.78, 5) is 0.484. The second-order valence-corrected chi connectivity index (χ2v) is 4.66. The average Bonchev–Trinajstić information content (AvgIpc) is 2.12. The molecule has 0 aromatic heterocycles. The van der Waals surface area contributed by atoms with E-state index in [-0.39, 0.29) is 11.8 Å². The van der Waals surface area contributed by atoms with E-state index in [4.69, 9.17) is 0 Å². The molecule has 0 aliphatic rings. The van der Waals surface area contributed by atoms with Crippen LogP contribution in [0.15, 0.2) is 11.0 Å². The van der Waals surface area contributed by atoms with Gasteiger partial charge in [-0.2, -0.15) is 13.2 Å². The van der Waals surface area contributed by atoms with Gasteiger partial charge in [0.25, 0.3) is 0 Å². The topological polar surface area (TPSA) is 0 Å². The Bertz CT molecular complexity index is 185. The van der Waals surface area contributed by atoms with E-state index in [9.17, 15) is 13.2 Å². The number of hydrogen-bond donors (Lipinski definition) is 0. The van der Waals surface area contributed by atoms with E-state index in [0.717, 1.165) is 32.1 Å². The molecule has 4 heteroatoms. The molecule has 0 heterocycles. The number of thioether (sulfide) groups is 1. The molecule has 0 aromatic rings. The van der Waals surface area contributed by atoms with E-state index in [2.05, 4.69) is 0 Å². The SMILES string of the molecule is CCCC/C=C(\CCCC)SC(F)(F)F. The maximum Gasteiger partial charge on any atom is 0.446 e. The van der Waals surface area contributed by atoms with Crippen molar-refractivity contribution in [3.63, 3.8) is 0 Å². The second-order valence-electron chi connectivity index (χ2n) is 3.46. The first-order chi connectivity index (χ1) is 6.99. The molecular formula is C11H19F3S. The van der Waals surface area contributed by atoms with Crippen molar-refractivity contribution >= 4 is 11.8 Å². The summed E-state index contributed by atoms with van der Waals surface area (Å²) in [6, 6.07) is 0. The van der Waals surface area contributed by atoms with Crippen molar-refractivity contribution in [2.75, 3.05) is 0 Å². The third kappa shape index (κ3) is 10.2. The number of alkyl halides is 3. The van der Waals surface area contributed by atoms with Crippen LogP contribution >= 0.6 is 11.8 Å². The molecule has 0 aliphatic carbocycles. The maximum absolute atomic E-state index is 12.2. The van der Waals surface area contributed by atoms with E-state index in [0.29, 0.717) is 11.3 Å². The Morgan fingerprint density at radius 2 is 1.73 bits per heavy atom. The lowest BCUT2D eigenvalue weighted by Crippen LogP contribution is -2.00.